The van der Waals surface area contributed by atoms with Crippen molar-refractivity contribution in [3.05, 3.63) is 279 Å². The molecular weight excluding hydrogens is 835 g/mol. The standard InChI is InChI=1S/C66H47N3/c1-3-16-46(17-4-1)48-30-35-53(36-31-48)68(56-40-42-66-62(45-56)61-27-13-14-28-64(61)69(66)52-22-5-2-6-23-52)65-43-41-57(59-25-11-12-26-60(59)65)50-33-37-54(38-34-50)67(55-39-32-47-18-7-8-20-51(47)44-55)63-29-15-21-49-19-9-10-24-58(49)63/h1-45,61,64H. The zero-order valence-corrected chi connectivity index (χ0v) is 38.0. The summed E-state index contributed by atoms with van der Waals surface area (Å²) in [6.45, 7) is 0. The first-order valence-corrected chi connectivity index (χ1v) is 23.9. The highest BCUT2D eigenvalue weighted by molar-refractivity contribution is 6.07. The highest BCUT2D eigenvalue weighted by Crippen LogP contribution is 2.51. The lowest BCUT2D eigenvalue weighted by atomic mass is 9.91. The maximum Gasteiger partial charge on any atom is 0.0629 e. The van der Waals surface area contributed by atoms with E-state index in [1.807, 2.05) is 0 Å². The van der Waals surface area contributed by atoms with Crippen molar-refractivity contribution < 1.29 is 0 Å². The van der Waals surface area contributed by atoms with Crippen LogP contribution in [0.1, 0.15) is 11.5 Å². The third kappa shape index (κ3) is 7.15. The summed E-state index contributed by atoms with van der Waals surface area (Å²) in [5.41, 5.74) is 15.3. The molecule has 13 rings (SSSR count). The van der Waals surface area contributed by atoms with E-state index >= 15 is 0 Å². The van der Waals surface area contributed by atoms with Gasteiger partial charge in [-0.25, -0.2) is 0 Å². The Morgan fingerprint density at radius 1 is 0.333 bits per heavy atom. The fourth-order valence-corrected chi connectivity index (χ4v) is 10.9. The van der Waals surface area contributed by atoms with E-state index in [4.69, 9.17) is 0 Å². The number of nitrogens with zero attached hydrogens (tertiary/aromatic N) is 3. The number of hydrogen-bond acceptors (Lipinski definition) is 3. The quantitative estimate of drug-likeness (QED) is 0.143. The van der Waals surface area contributed by atoms with Crippen molar-refractivity contribution >= 4 is 77.8 Å². The van der Waals surface area contributed by atoms with Crippen molar-refractivity contribution in [3.63, 3.8) is 0 Å². The Bertz CT molecular complexity index is 3740. The Morgan fingerprint density at radius 3 is 1.65 bits per heavy atom. The first-order chi connectivity index (χ1) is 34.2. The van der Waals surface area contributed by atoms with Gasteiger partial charge >= 0.3 is 0 Å². The molecule has 0 fully saturated rings. The van der Waals surface area contributed by atoms with E-state index in [2.05, 4.69) is 288 Å². The molecule has 3 nitrogen and oxygen atoms in total. The largest absolute Gasteiger partial charge is 0.333 e. The zero-order valence-electron chi connectivity index (χ0n) is 38.0. The normalized spacial score (nSPS) is 14.8. The summed E-state index contributed by atoms with van der Waals surface area (Å²) in [6.07, 6.45) is 9.11. The summed E-state index contributed by atoms with van der Waals surface area (Å²) in [6, 6.07) is 91.1. The number of rotatable bonds is 9. The van der Waals surface area contributed by atoms with E-state index in [1.54, 1.807) is 0 Å². The molecule has 1 heterocycles. The van der Waals surface area contributed by atoms with Gasteiger partial charge in [0, 0.05) is 50.8 Å². The van der Waals surface area contributed by atoms with Gasteiger partial charge in [-0.15, -0.1) is 0 Å². The van der Waals surface area contributed by atoms with Gasteiger partial charge in [0.2, 0.25) is 0 Å². The second kappa shape index (κ2) is 17.1. The Hall–Kier alpha value is -8.92. The predicted molar refractivity (Wildman–Crippen MR) is 293 cm³/mol. The van der Waals surface area contributed by atoms with Crippen LogP contribution in [0.25, 0.3) is 54.6 Å². The molecule has 0 N–H and O–H groups in total. The second-order valence-corrected chi connectivity index (χ2v) is 18.1. The topological polar surface area (TPSA) is 9.72 Å². The molecule has 69 heavy (non-hydrogen) atoms. The molecule has 11 aromatic carbocycles. The average Bonchev–Trinajstić information content (AvgIpc) is 3.76. The fourth-order valence-electron chi connectivity index (χ4n) is 10.9. The van der Waals surface area contributed by atoms with Crippen molar-refractivity contribution in [2.75, 3.05) is 14.7 Å². The van der Waals surface area contributed by atoms with Gasteiger partial charge in [0.1, 0.15) is 0 Å². The number of benzene rings is 11. The second-order valence-electron chi connectivity index (χ2n) is 18.1. The molecule has 11 aromatic rings. The minimum atomic E-state index is 0.208. The number of para-hydroxylation sites is 1. The Balaban J connectivity index is 0.931. The lowest BCUT2D eigenvalue weighted by molar-refractivity contribution is 0.745. The molecule has 0 saturated heterocycles. The van der Waals surface area contributed by atoms with Crippen molar-refractivity contribution in [3.8, 4) is 22.3 Å². The van der Waals surface area contributed by atoms with E-state index in [9.17, 15) is 0 Å². The molecule has 0 spiro atoms. The molecule has 0 aromatic heterocycles. The van der Waals surface area contributed by atoms with Crippen LogP contribution in [0.2, 0.25) is 0 Å². The molecule has 1 aliphatic heterocycles. The fraction of sp³-hybridized carbons (Fsp3) is 0.0303. The van der Waals surface area contributed by atoms with Crippen LogP contribution in [-0.4, -0.2) is 6.04 Å². The van der Waals surface area contributed by atoms with Gasteiger partial charge < -0.3 is 14.7 Å². The van der Waals surface area contributed by atoms with Gasteiger partial charge in [0.05, 0.1) is 17.4 Å². The summed E-state index contributed by atoms with van der Waals surface area (Å²) >= 11 is 0. The highest BCUT2D eigenvalue weighted by Gasteiger charge is 2.38. The number of hydrogen-bond donors (Lipinski definition) is 0. The van der Waals surface area contributed by atoms with Gasteiger partial charge in [0.15, 0.2) is 0 Å². The molecule has 2 unspecified atom stereocenters. The average molecular weight is 882 g/mol. The van der Waals surface area contributed by atoms with Crippen molar-refractivity contribution in [2.45, 2.75) is 12.0 Å². The van der Waals surface area contributed by atoms with Crippen LogP contribution in [-0.2, 0) is 0 Å². The molecule has 2 aliphatic rings. The van der Waals surface area contributed by atoms with Crippen molar-refractivity contribution in [1.82, 2.24) is 0 Å². The maximum absolute atomic E-state index is 2.50. The number of allylic oxidation sites excluding steroid dienone is 2. The molecule has 0 saturated carbocycles. The highest BCUT2D eigenvalue weighted by atomic mass is 15.2. The minimum Gasteiger partial charge on any atom is -0.333 e. The first kappa shape index (κ1) is 40.4. The maximum atomic E-state index is 2.50. The molecule has 326 valence electrons. The number of anilines is 8. The van der Waals surface area contributed by atoms with Gasteiger partial charge in [-0.1, -0.05) is 194 Å². The van der Waals surface area contributed by atoms with E-state index in [-0.39, 0.29) is 12.0 Å². The summed E-state index contributed by atoms with van der Waals surface area (Å²) in [4.78, 5) is 7.36. The summed E-state index contributed by atoms with van der Waals surface area (Å²) in [7, 11) is 0. The predicted octanol–water partition coefficient (Wildman–Crippen LogP) is 18.1. The lowest BCUT2D eigenvalue weighted by Crippen LogP contribution is -2.28. The smallest absolute Gasteiger partial charge is 0.0629 e. The molecule has 0 bridgehead atoms. The van der Waals surface area contributed by atoms with Crippen LogP contribution in [0.15, 0.2) is 273 Å². The van der Waals surface area contributed by atoms with E-state index < -0.39 is 0 Å². The van der Waals surface area contributed by atoms with Crippen molar-refractivity contribution in [1.29, 1.82) is 0 Å². The van der Waals surface area contributed by atoms with Gasteiger partial charge in [-0.3, -0.25) is 0 Å². The Morgan fingerprint density at radius 2 is 0.884 bits per heavy atom. The molecule has 2 atom stereocenters. The van der Waals surface area contributed by atoms with Crippen LogP contribution >= 0.6 is 0 Å². The van der Waals surface area contributed by atoms with Gasteiger partial charge in [-0.05, 0) is 128 Å². The van der Waals surface area contributed by atoms with E-state index in [0.717, 1.165) is 34.1 Å². The SMILES string of the molecule is C1=CC2c3cc(N(c4ccc(-c5ccccc5)cc4)c4ccc(-c5ccc(N(c6ccc7ccccc7c6)c6cccc7ccccc67)cc5)c5ccccc45)ccc3N(c3ccccc3)C2C=C1. The molecule has 1 aliphatic carbocycles. The van der Waals surface area contributed by atoms with Crippen LogP contribution in [0.4, 0.5) is 45.5 Å². The Kier molecular flexibility index (Phi) is 9.98. The van der Waals surface area contributed by atoms with Crippen LogP contribution in [0.3, 0.4) is 0 Å². The third-order valence-corrected chi connectivity index (χ3v) is 14.1. The van der Waals surface area contributed by atoms with E-state index in [1.165, 1.54) is 71.5 Å². The summed E-state index contributed by atoms with van der Waals surface area (Å²) in [5, 5.41) is 7.25. The van der Waals surface area contributed by atoms with Crippen LogP contribution in [0, 0.1) is 0 Å². The van der Waals surface area contributed by atoms with Crippen LogP contribution < -0.4 is 14.7 Å². The zero-order chi connectivity index (χ0) is 45.7. The molecule has 3 heteroatoms. The molecular formula is C66H47N3. The van der Waals surface area contributed by atoms with E-state index in [0.29, 0.717) is 0 Å². The third-order valence-electron chi connectivity index (χ3n) is 14.1. The van der Waals surface area contributed by atoms with Gasteiger partial charge in [0.25, 0.3) is 0 Å². The molecule has 0 amide bonds. The summed E-state index contributed by atoms with van der Waals surface area (Å²) < 4.78 is 0. The summed E-state index contributed by atoms with van der Waals surface area (Å²) in [5.74, 6) is 0.229. The van der Waals surface area contributed by atoms with Gasteiger partial charge in [-0.2, -0.15) is 0 Å². The number of fused-ring (bicyclic) bond motifs is 6. The lowest BCUT2D eigenvalue weighted by Gasteiger charge is -2.29. The minimum absolute atomic E-state index is 0.208. The van der Waals surface area contributed by atoms with Crippen LogP contribution in [0.5, 0.6) is 0 Å². The molecule has 0 radical (unpaired) electrons. The Labute approximate surface area is 403 Å². The van der Waals surface area contributed by atoms with Crippen molar-refractivity contribution in [2.24, 2.45) is 0 Å². The monoisotopic (exact) mass is 881 g/mol. The first-order valence-electron chi connectivity index (χ1n) is 23.9.